The molecule has 0 radical (unpaired) electrons. The molecular formula is C11H20O. The van der Waals surface area contributed by atoms with E-state index in [0.29, 0.717) is 5.92 Å². The fourth-order valence-electron chi connectivity index (χ4n) is 1.24. The van der Waals surface area contributed by atoms with Gasteiger partial charge in [0.1, 0.15) is 6.11 Å². The van der Waals surface area contributed by atoms with E-state index in [1.165, 1.54) is 32.1 Å². The smallest absolute Gasteiger partial charge is 0.107 e. The minimum atomic E-state index is 0.358. The first-order chi connectivity index (χ1) is 5.81. The van der Waals surface area contributed by atoms with E-state index in [0.717, 1.165) is 6.42 Å². The third kappa shape index (κ3) is 7.47. The Morgan fingerprint density at radius 1 is 1.17 bits per heavy atom. The number of hydrogen-bond donors (Lipinski definition) is 1. The van der Waals surface area contributed by atoms with Gasteiger partial charge < -0.3 is 5.11 Å². The van der Waals surface area contributed by atoms with Gasteiger partial charge >= 0.3 is 0 Å². The molecule has 0 aromatic carbocycles. The lowest BCUT2D eigenvalue weighted by Gasteiger charge is -2.02. The molecule has 1 unspecified atom stereocenters. The molecule has 1 nitrogen and oxygen atoms in total. The lowest BCUT2D eigenvalue weighted by Crippen LogP contribution is -1.90. The Labute approximate surface area is 76.2 Å². The first kappa shape index (κ1) is 11.4. The van der Waals surface area contributed by atoms with Crippen LogP contribution in [0.4, 0.5) is 0 Å². The standard InChI is InChI=1S/C11H20O/c1-3-4-5-6-7-8-11(2)9-10-12/h11-12H,3-8H2,1-2H3. The molecule has 0 rings (SSSR count). The van der Waals surface area contributed by atoms with Crippen LogP contribution in [0, 0.1) is 17.9 Å². The molecule has 0 amide bonds. The summed E-state index contributed by atoms with van der Waals surface area (Å²) in [6.45, 7) is 4.28. The van der Waals surface area contributed by atoms with E-state index < -0.39 is 0 Å². The van der Waals surface area contributed by atoms with E-state index in [9.17, 15) is 0 Å². The van der Waals surface area contributed by atoms with Gasteiger partial charge in [0.05, 0.1) is 0 Å². The normalized spacial score (nSPS) is 11.8. The van der Waals surface area contributed by atoms with Crippen LogP contribution in [0.2, 0.25) is 0 Å². The molecule has 0 aliphatic rings. The van der Waals surface area contributed by atoms with Crippen molar-refractivity contribution in [3.05, 3.63) is 0 Å². The summed E-state index contributed by atoms with van der Waals surface area (Å²) >= 11 is 0. The Hall–Kier alpha value is -0.640. The predicted molar refractivity (Wildman–Crippen MR) is 52.3 cm³/mol. The second-order valence-electron chi connectivity index (χ2n) is 3.36. The highest BCUT2D eigenvalue weighted by Gasteiger charge is 1.96. The van der Waals surface area contributed by atoms with Crippen LogP contribution >= 0.6 is 0 Å². The van der Waals surface area contributed by atoms with Crippen LogP contribution in [0.5, 0.6) is 0 Å². The van der Waals surface area contributed by atoms with Crippen molar-refractivity contribution in [1.82, 2.24) is 0 Å². The van der Waals surface area contributed by atoms with Crippen molar-refractivity contribution in [3.8, 4) is 12.0 Å². The summed E-state index contributed by atoms with van der Waals surface area (Å²) in [6, 6.07) is 0. The van der Waals surface area contributed by atoms with Crippen molar-refractivity contribution < 1.29 is 5.11 Å². The highest BCUT2D eigenvalue weighted by Crippen LogP contribution is 2.10. The van der Waals surface area contributed by atoms with Gasteiger partial charge in [-0.3, -0.25) is 0 Å². The molecule has 0 aromatic heterocycles. The Morgan fingerprint density at radius 3 is 2.42 bits per heavy atom. The van der Waals surface area contributed by atoms with Gasteiger partial charge in [0.25, 0.3) is 0 Å². The average molecular weight is 168 g/mol. The number of aliphatic hydroxyl groups is 1. The van der Waals surface area contributed by atoms with Crippen molar-refractivity contribution in [2.75, 3.05) is 0 Å². The average Bonchev–Trinajstić information content (AvgIpc) is 2.05. The number of rotatable bonds is 6. The first-order valence-electron chi connectivity index (χ1n) is 4.95. The van der Waals surface area contributed by atoms with Crippen LogP contribution in [0.3, 0.4) is 0 Å². The summed E-state index contributed by atoms with van der Waals surface area (Å²) < 4.78 is 0. The van der Waals surface area contributed by atoms with Gasteiger partial charge in [-0.25, -0.2) is 0 Å². The molecule has 1 atom stereocenters. The first-order valence-corrected chi connectivity index (χ1v) is 4.95. The molecule has 0 spiro atoms. The van der Waals surface area contributed by atoms with Crippen LogP contribution in [0.15, 0.2) is 0 Å². The number of unbranched alkanes of at least 4 members (excludes halogenated alkanes) is 4. The van der Waals surface area contributed by atoms with Crippen molar-refractivity contribution in [2.24, 2.45) is 5.92 Å². The lowest BCUT2D eigenvalue weighted by molar-refractivity contribution is 0.508. The molecule has 0 saturated carbocycles. The molecular weight excluding hydrogens is 148 g/mol. The molecule has 0 aromatic rings. The zero-order valence-corrected chi connectivity index (χ0v) is 8.27. The van der Waals surface area contributed by atoms with E-state index in [1.54, 1.807) is 0 Å². The summed E-state index contributed by atoms with van der Waals surface area (Å²) in [5.74, 6) is 3.10. The molecule has 12 heavy (non-hydrogen) atoms. The van der Waals surface area contributed by atoms with E-state index >= 15 is 0 Å². The van der Waals surface area contributed by atoms with Gasteiger partial charge in [-0.15, -0.1) is 0 Å². The molecule has 0 aliphatic heterocycles. The summed E-state index contributed by atoms with van der Waals surface area (Å²) in [6.07, 6.45) is 9.64. The highest BCUT2D eigenvalue weighted by atomic mass is 16.2. The van der Waals surface area contributed by atoms with E-state index in [1.807, 2.05) is 6.11 Å². The highest BCUT2D eigenvalue weighted by molar-refractivity contribution is 4.94. The maximum absolute atomic E-state index is 8.32. The topological polar surface area (TPSA) is 20.2 Å². The molecule has 1 N–H and O–H groups in total. The van der Waals surface area contributed by atoms with Crippen molar-refractivity contribution in [1.29, 1.82) is 0 Å². The van der Waals surface area contributed by atoms with Crippen LogP contribution in [0.1, 0.15) is 52.4 Å². The van der Waals surface area contributed by atoms with Gasteiger partial charge in [0.15, 0.2) is 0 Å². The minimum Gasteiger partial charge on any atom is -0.462 e. The molecule has 1 heteroatoms. The van der Waals surface area contributed by atoms with Gasteiger partial charge in [-0.2, -0.15) is 0 Å². The largest absolute Gasteiger partial charge is 0.462 e. The molecule has 70 valence electrons. The zero-order chi connectivity index (χ0) is 9.23. The fourth-order valence-corrected chi connectivity index (χ4v) is 1.24. The second-order valence-corrected chi connectivity index (χ2v) is 3.36. The zero-order valence-electron chi connectivity index (χ0n) is 8.27. The van der Waals surface area contributed by atoms with E-state index in [4.69, 9.17) is 5.11 Å². The van der Waals surface area contributed by atoms with Crippen LogP contribution < -0.4 is 0 Å². The van der Waals surface area contributed by atoms with Gasteiger partial charge in [-0.05, 0) is 6.42 Å². The molecule has 0 aliphatic carbocycles. The maximum atomic E-state index is 8.32. The van der Waals surface area contributed by atoms with Crippen molar-refractivity contribution >= 4 is 0 Å². The second kappa shape index (κ2) is 8.46. The van der Waals surface area contributed by atoms with Crippen LogP contribution in [0.25, 0.3) is 0 Å². The Kier molecular flexibility index (Phi) is 8.01. The minimum absolute atomic E-state index is 0.358. The quantitative estimate of drug-likeness (QED) is 0.476. The lowest BCUT2D eigenvalue weighted by atomic mass is 10.0. The molecule has 0 bridgehead atoms. The summed E-state index contributed by atoms with van der Waals surface area (Å²) in [5.41, 5.74) is 0. The van der Waals surface area contributed by atoms with Crippen LogP contribution in [-0.2, 0) is 0 Å². The van der Waals surface area contributed by atoms with E-state index in [2.05, 4.69) is 19.8 Å². The maximum Gasteiger partial charge on any atom is 0.107 e. The summed E-state index contributed by atoms with van der Waals surface area (Å²) in [7, 11) is 0. The monoisotopic (exact) mass is 168 g/mol. The Morgan fingerprint density at radius 2 is 1.83 bits per heavy atom. The Bertz CT molecular complexity index is 141. The summed E-state index contributed by atoms with van der Waals surface area (Å²) in [5, 5.41) is 8.32. The van der Waals surface area contributed by atoms with Gasteiger partial charge in [0, 0.05) is 5.92 Å². The third-order valence-electron chi connectivity index (χ3n) is 2.05. The van der Waals surface area contributed by atoms with Crippen molar-refractivity contribution in [3.63, 3.8) is 0 Å². The summed E-state index contributed by atoms with van der Waals surface area (Å²) in [4.78, 5) is 0. The molecule has 0 heterocycles. The van der Waals surface area contributed by atoms with E-state index in [-0.39, 0.29) is 0 Å². The Balaban J connectivity index is 3.12. The van der Waals surface area contributed by atoms with Crippen molar-refractivity contribution in [2.45, 2.75) is 52.4 Å². The van der Waals surface area contributed by atoms with Crippen LogP contribution in [-0.4, -0.2) is 5.11 Å². The number of hydrogen-bond acceptors (Lipinski definition) is 1. The van der Waals surface area contributed by atoms with Gasteiger partial charge in [-0.1, -0.05) is 51.9 Å². The fraction of sp³-hybridized carbons (Fsp3) is 0.818. The predicted octanol–water partition coefficient (Wildman–Crippen LogP) is 3.32. The third-order valence-corrected chi connectivity index (χ3v) is 2.05. The number of aliphatic hydroxyl groups excluding tert-OH is 1. The SMILES string of the molecule is CCCCCCCC(C)C#CO. The molecule has 0 fully saturated rings. The van der Waals surface area contributed by atoms with Gasteiger partial charge in [0.2, 0.25) is 0 Å². The molecule has 0 saturated heterocycles.